The van der Waals surface area contributed by atoms with E-state index in [0.29, 0.717) is 12.3 Å². The van der Waals surface area contributed by atoms with E-state index in [4.69, 9.17) is 4.74 Å². The zero-order valence-corrected chi connectivity index (χ0v) is 7.58. The minimum Gasteiger partial charge on any atom is -0.462 e. The number of hydrogen-bond donors (Lipinski definition) is 0. The fraction of sp³-hybridized carbons (Fsp3) is 0.900. The van der Waals surface area contributed by atoms with Crippen molar-refractivity contribution in [1.29, 1.82) is 0 Å². The molecule has 1 saturated carbocycles. The monoisotopic (exact) mass is 168 g/mol. The van der Waals surface area contributed by atoms with Crippen LogP contribution in [0.3, 0.4) is 0 Å². The topological polar surface area (TPSA) is 26.3 Å². The largest absolute Gasteiger partial charge is 0.462 e. The van der Waals surface area contributed by atoms with Crippen molar-refractivity contribution in [2.24, 2.45) is 11.8 Å². The van der Waals surface area contributed by atoms with E-state index in [2.05, 4.69) is 6.92 Å². The van der Waals surface area contributed by atoms with Crippen molar-refractivity contribution in [2.45, 2.75) is 45.1 Å². The summed E-state index contributed by atoms with van der Waals surface area (Å²) in [4.78, 5) is 11.0. The zero-order valence-electron chi connectivity index (χ0n) is 7.58. The highest BCUT2D eigenvalue weighted by atomic mass is 16.5. The summed E-state index contributed by atoms with van der Waals surface area (Å²) >= 11 is 0. The van der Waals surface area contributed by atoms with E-state index in [-0.39, 0.29) is 12.1 Å². The molecule has 0 spiro atoms. The second-order valence-electron chi connectivity index (χ2n) is 4.08. The van der Waals surface area contributed by atoms with Crippen LogP contribution in [-0.4, -0.2) is 12.1 Å². The molecule has 2 heteroatoms. The standard InChI is InChI=1S/C10H16O2/c1-2-7-3-4-8-6-10(11)12-9(8)5-7/h7-9H,2-6H2,1H3. The Kier molecular flexibility index (Phi) is 2.07. The third-order valence-electron chi connectivity index (χ3n) is 3.33. The number of esters is 1. The Morgan fingerprint density at radius 3 is 3.08 bits per heavy atom. The van der Waals surface area contributed by atoms with E-state index < -0.39 is 0 Å². The summed E-state index contributed by atoms with van der Waals surface area (Å²) in [6, 6.07) is 0. The van der Waals surface area contributed by atoms with Gasteiger partial charge in [0.15, 0.2) is 0 Å². The summed E-state index contributed by atoms with van der Waals surface area (Å²) in [7, 11) is 0. The summed E-state index contributed by atoms with van der Waals surface area (Å²) in [5.74, 6) is 1.39. The number of ether oxygens (including phenoxy) is 1. The molecule has 0 amide bonds. The van der Waals surface area contributed by atoms with Crippen molar-refractivity contribution < 1.29 is 9.53 Å². The summed E-state index contributed by atoms with van der Waals surface area (Å²) in [6.07, 6.45) is 5.81. The highest BCUT2D eigenvalue weighted by Gasteiger charge is 2.38. The van der Waals surface area contributed by atoms with Crippen LogP contribution >= 0.6 is 0 Å². The van der Waals surface area contributed by atoms with Gasteiger partial charge in [-0.1, -0.05) is 13.3 Å². The highest BCUT2D eigenvalue weighted by molar-refractivity contribution is 5.72. The smallest absolute Gasteiger partial charge is 0.306 e. The first-order valence-corrected chi connectivity index (χ1v) is 4.99. The molecule has 0 bridgehead atoms. The van der Waals surface area contributed by atoms with Crippen LogP contribution in [0.4, 0.5) is 0 Å². The Bertz CT molecular complexity index is 188. The molecule has 0 aromatic carbocycles. The fourth-order valence-corrected chi connectivity index (χ4v) is 2.45. The maximum atomic E-state index is 11.0. The molecule has 1 aliphatic carbocycles. The van der Waals surface area contributed by atoms with Crippen LogP contribution < -0.4 is 0 Å². The van der Waals surface area contributed by atoms with Gasteiger partial charge in [0.2, 0.25) is 0 Å². The average Bonchev–Trinajstić information content (AvgIpc) is 2.43. The molecule has 1 aliphatic heterocycles. The Labute approximate surface area is 73.3 Å². The molecule has 12 heavy (non-hydrogen) atoms. The third-order valence-corrected chi connectivity index (χ3v) is 3.33. The van der Waals surface area contributed by atoms with Gasteiger partial charge < -0.3 is 4.74 Å². The van der Waals surface area contributed by atoms with Crippen LogP contribution in [0.2, 0.25) is 0 Å². The lowest BCUT2D eigenvalue weighted by molar-refractivity contribution is -0.142. The SMILES string of the molecule is CCC1CCC2CC(=O)OC2C1. The summed E-state index contributed by atoms with van der Waals surface area (Å²) in [5.41, 5.74) is 0. The molecule has 1 heterocycles. The van der Waals surface area contributed by atoms with Gasteiger partial charge in [-0.2, -0.15) is 0 Å². The van der Waals surface area contributed by atoms with Crippen molar-refractivity contribution in [3.05, 3.63) is 0 Å². The molecule has 68 valence electrons. The zero-order chi connectivity index (χ0) is 8.55. The predicted molar refractivity (Wildman–Crippen MR) is 45.6 cm³/mol. The first-order chi connectivity index (χ1) is 5.79. The van der Waals surface area contributed by atoms with Gasteiger partial charge in [0.05, 0.1) is 6.42 Å². The molecule has 2 fully saturated rings. The normalized spacial score (nSPS) is 40.8. The van der Waals surface area contributed by atoms with Gasteiger partial charge in [-0.05, 0) is 25.2 Å². The molecular weight excluding hydrogens is 152 g/mol. The molecule has 2 rings (SSSR count). The van der Waals surface area contributed by atoms with Crippen LogP contribution in [0.15, 0.2) is 0 Å². The highest BCUT2D eigenvalue weighted by Crippen LogP contribution is 2.38. The minimum atomic E-state index is 0.0294. The van der Waals surface area contributed by atoms with Gasteiger partial charge in [-0.25, -0.2) is 0 Å². The van der Waals surface area contributed by atoms with Crippen molar-refractivity contribution >= 4 is 5.97 Å². The lowest BCUT2D eigenvalue weighted by Crippen LogP contribution is -2.25. The van der Waals surface area contributed by atoms with Gasteiger partial charge in [0, 0.05) is 5.92 Å². The van der Waals surface area contributed by atoms with E-state index in [1.165, 1.54) is 19.3 Å². The van der Waals surface area contributed by atoms with Crippen molar-refractivity contribution in [2.75, 3.05) is 0 Å². The Morgan fingerprint density at radius 1 is 1.50 bits per heavy atom. The second kappa shape index (κ2) is 3.08. The number of carbonyl (C=O) groups excluding carboxylic acids is 1. The molecule has 1 saturated heterocycles. The van der Waals surface area contributed by atoms with Gasteiger partial charge in [-0.15, -0.1) is 0 Å². The first kappa shape index (κ1) is 8.09. The van der Waals surface area contributed by atoms with E-state index >= 15 is 0 Å². The molecular formula is C10H16O2. The van der Waals surface area contributed by atoms with E-state index in [9.17, 15) is 4.79 Å². The van der Waals surface area contributed by atoms with Crippen LogP contribution in [0.5, 0.6) is 0 Å². The maximum absolute atomic E-state index is 11.0. The van der Waals surface area contributed by atoms with E-state index in [1.54, 1.807) is 0 Å². The summed E-state index contributed by atoms with van der Waals surface area (Å²) in [6.45, 7) is 2.22. The number of carbonyl (C=O) groups is 1. The molecule has 3 unspecified atom stereocenters. The average molecular weight is 168 g/mol. The molecule has 2 aliphatic rings. The van der Waals surface area contributed by atoms with E-state index in [0.717, 1.165) is 12.3 Å². The lowest BCUT2D eigenvalue weighted by Gasteiger charge is -2.28. The predicted octanol–water partition coefficient (Wildman–Crippen LogP) is 2.13. The second-order valence-corrected chi connectivity index (χ2v) is 4.08. The molecule has 0 radical (unpaired) electrons. The summed E-state index contributed by atoms with van der Waals surface area (Å²) < 4.78 is 5.26. The molecule has 0 aromatic heterocycles. The number of rotatable bonds is 1. The Morgan fingerprint density at radius 2 is 2.33 bits per heavy atom. The molecule has 0 N–H and O–H groups in total. The third kappa shape index (κ3) is 1.35. The molecule has 2 nitrogen and oxygen atoms in total. The van der Waals surface area contributed by atoms with Gasteiger partial charge in [0.1, 0.15) is 6.10 Å². The van der Waals surface area contributed by atoms with Crippen LogP contribution in [0.1, 0.15) is 39.0 Å². The fourth-order valence-electron chi connectivity index (χ4n) is 2.45. The van der Waals surface area contributed by atoms with Gasteiger partial charge >= 0.3 is 5.97 Å². The van der Waals surface area contributed by atoms with E-state index in [1.807, 2.05) is 0 Å². The maximum Gasteiger partial charge on any atom is 0.306 e. The first-order valence-electron chi connectivity index (χ1n) is 4.99. The van der Waals surface area contributed by atoms with Gasteiger partial charge in [-0.3, -0.25) is 4.79 Å². The van der Waals surface area contributed by atoms with Crippen LogP contribution in [0, 0.1) is 11.8 Å². The van der Waals surface area contributed by atoms with Crippen LogP contribution in [0.25, 0.3) is 0 Å². The molecule has 3 atom stereocenters. The van der Waals surface area contributed by atoms with Crippen molar-refractivity contribution in [1.82, 2.24) is 0 Å². The molecule has 0 aromatic rings. The minimum absolute atomic E-state index is 0.0294. The lowest BCUT2D eigenvalue weighted by atomic mass is 9.79. The number of hydrogen-bond acceptors (Lipinski definition) is 2. The van der Waals surface area contributed by atoms with Gasteiger partial charge in [0.25, 0.3) is 0 Å². The summed E-state index contributed by atoms with van der Waals surface area (Å²) in [5, 5.41) is 0. The Balaban J connectivity index is 1.97. The number of fused-ring (bicyclic) bond motifs is 1. The quantitative estimate of drug-likeness (QED) is 0.561. The Hall–Kier alpha value is -0.530. The van der Waals surface area contributed by atoms with Crippen molar-refractivity contribution in [3.63, 3.8) is 0 Å². The van der Waals surface area contributed by atoms with Crippen molar-refractivity contribution in [3.8, 4) is 0 Å². The van der Waals surface area contributed by atoms with Crippen LogP contribution in [-0.2, 0) is 9.53 Å².